The first-order valence-corrected chi connectivity index (χ1v) is 11.1. The van der Waals surface area contributed by atoms with Crippen LogP contribution in [0.1, 0.15) is 80.6 Å². The Balaban J connectivity index is 0.00000218. The van der Waals surface area contributed by atoms with E-state index in [1.54, 1.807) is 20.8 Å². The fraction of sp³-hybridized carbons (Fsp3) is 0.909. The molecule has 2 aliphatic heterocycles. The third kappa shape index (κ3) is 9.73. The summed E-state index contributed by atoms with van der Waals surface area (Å²) in [5.41, 5.74) is 0. The Morgan fingerprint density at radius 2 is 1.40 bits per heavy atom. The maximum atomic E-state index is 12.1. The topological polar surface area (TPSA) is 89.5 Å². The summed E-state index contributed by atoms with van der Waals surface area (Å²) in [5, 5.41) is 0. The minimum atomic E-state index is -0.951. The lowest BCUT2D eigenvalue weighted by atomic mass is 10.1. The molecule has 2 saturated heterocycles. The van der Waals surface area contributed by atoms with Crippen LogP contribution in [-0.4, -0.2) is 61.6 Å². The second-order valence-electron chi connectivity index (χ2n) is 8.06. The molecule has 5 atom stereocenters. The van der Waals surface area contributed by atoms with Gasteiger partial charge in [0.15, 0.2) is 11.6 Å². The molecule has 8 nitrogen and oxygen atoms in total. The normalized spacial score (nSPS) is 32.4. The second-order valence-corrected chi connectivity index (χ2v) is 8.06. The van der Waals surface area contributed by atoms with E-state index >= 15 is 0 Å². The first-order chi connectivity index (χ1) is 14.1. The van der Waals surface area contributed by atoms with E-state index in [0.29, 0.717) is 19.6 Å². The maximum Gasteiger partial charge on any atom is 0.311 e. The zero-order chi connectivity index (χ0) is 22.8. The average molecular weight is 433 g/mol. The highest BCUT2D eigenvalue weighted by atomic mass is 16.7. The van der Waals surface area contributed by atoms with Crippen molar-refractivity contribution in [3.05, 3.63) is 0 Å². The molecule has 0 amide bonds. The summed E-state index contributed by atoms with van der Waals surface area (Å²) < 4.78 is 33.2. The summed E-state index contributed by atoms with van der Waals surface area (Å²) in [5.74, 6) is -2.70. The molecule has 0 spiro atoms. The van der Waals surface area contributed by atoms with Crippen molar-refractivity contribution in [2.45, 2.75) is 110 Å². The highest BCUT2D eigenvalue weighted by molar-refractivity contribution is 5.71. The van der Waals surface area contributed by atoms with Crippen LogP contribution in [0.15, 0.2) is 0 Å². The van der Waals surface area contributed by atoms with Gasteiger partial charge in [-0.15, -0.1) is 0 Å². The van der Waals surface area contributed by atoms with Crippen molar-refractivity contribution < 1.29 is 38.0 Å². The molecule has 5 unspecified atom stereocenters. The Morgan fingerprint density at radius 3 is 1.87 bits per heavy atom. The first kappa shape index (κ1) is 26.8. The molecule has 2 heterocycles. The molecule has 2 fully saturated rings. The van der Waals surface area contributed by atoms with Crippen molar-refractivity contribution in [2.24, 2.45) is 0 Å². The van der Waals surface area contributed by atoms with Gasteiger partial charge in [-0.2, -0.15) is 0 Å². The lowest BCUT2D eigenvalue weighted by molar-refractivity contribution is -0.282. The number of carbonyl (C=O) groups is 2. The van der Waals surface area contributed by atoms with Crippen LogP contribution in [0.5, 0.6) is 0 Å². The Kier molecular flexibility index (Phi) is 11.3. The van der Waals surface area contributed by atoms with Gasteiger partial charge in [-0.3, -0.25) is 9.59 Å². The third-order valence-electron chi connectivity index (χ3n) is 4.82. The molecule has 2 aliphatic rings. The van der Waals surface area contributed by atoms with Crippen molar-refractivity contribution in [1.29, 1.82) is 0 Å². The molecule has 176 valence electrons. The van der Waals surface area contributed by atoms with Crippen molar-refractivity contribution in [2.75, 3.05) is 19.8 Å². The molecule has 2 rings (SSSR count). The standard InChI is InChI=1S/C20H34O8.C2H6/c1-14(26-18(22)13-20(5)25-11-8-16(3)28-20)6-9-23-17(21)12-19(4)24-10-7-15(2)27-19;1-2/h14-16H,6-13H2,1-5H3;1-2H3. The number of rotatable bonds is 8. The van der Waals surface area contributed by atoms with E-state index in [1.807, 2.05) is 27.7 Å². The van der Waals surface area contributed by atoms with E-state index in [0.717, 1.165) is 12.8 Å². The first-order valence-electron chi connectivity index (χ1n) is 11.1. The predicted octanol–water partition coefficient (Wildman–Crippen LogP) is 3.74. The van der Waals surface area contributed by atoms with E-state index in [9.17, 15) is 9.59 Å². The molecule has 0 aliphatic carbocycles. The van der Waals surface area contributed by atoms with Crippen LogP contribution in [0.25, 0.3) is 0 Å². The number of hydrogen-bond donors (Lipinski definition) is 0. The van der Waals surface area contributed by atoms with Gasteiger partial charge in [-0.1, -0.05) is 13.8 Å². The van der Waals surface area contributed by atoms with Crippen LogP contribution in [0.2, 0.25) is 0 Å². The molecule has 0 aromatic heterocycles. The molecule has 0 radical (unpaired) electrons. The minimum Gasteiger partial charge on any atom is -0.465 e. The Labute approximate surface area is 180 Å². The fourth-order valence-corrected chi connectivity index (χ4v) is 3.34. The Bertz CT molecular complexity index is 539. The second kappa shape index (κ2) is 12.6. The molecule has 0 bridgehead atoms. The quantitative estimate of drug-likeness (QED) is 0.536. The number of carbonyl (C=O) groups excluding carboxylic acids is 2. The summed E-state index contributed by atoms with van der Waals surface area (Å²) in [6.07, 6.45) is 1.77. The summed E-state index contributed by atoms with van der Waals surface area (Å²) in [6, 6.07) is 0. The van der Waals surface area contributed by atoms with Gasteiger partial charge in [0.05, 0.1) is 44.9 Å². The monoisotopic (exact) mass is 432 g/mol. The van der Waals surface area contributed by atoms with Crippen LogP contribution in [0.3, 0.4) is 0 Å². The molecular formula is C22H40O8. The third-order valence-corrected chi connectivity index (χ3v) is 4.82. The number of hydrogen-bond acceptors (Lipinski definition) is 8. The van der Waals surface area contributed by atoms with E-state index < -0.39 is 23.5 Å². The highest BCUT2D eigenvalue weighted by Gasteiger charge is 2.36. The lowest BCUT2D eigenvalue weighted by Gasteiger charge is -2.36. The minimum absolute atomic E-state index is 0.0205. The van der Waals surface area contributed by atoms with Crippen LogP contribution in [0.4, 0.5) is 0 Å². The number of esters is 2. The lowest BCUT2D eigenvalue weighted by Crippen LogP contribution is -2.43. The van der Waals surface area contributed by atoms with E-state index in [4.69, 9.17) is 28.4 Å². The number of ether oxygens (including phenoxy) is 6. The van der Waals surface area contributed by atoms with Gasteiger partial charge in [0.1, 0.15) is 6.10 Å². The molecule has 0 N–H and O–H groups in total. The summed E-state index contributed by atoms with van der Waals surface area (Å²) in [7, 11) is 0. The van der Waals surface area contributed by atoms with Gasteiger partial charge in [-0.25, -0.2) is 0 Å². The summed E-state index contributed by atoms with van der Waals surface area (Å²) in [6.45, 7) is 14.4. The molecule has 0 aromatic rings. The van der Waals surface area contributed by atoms with Gasteiger partial charge in [0.25, 0.3) is 0 Å². The SMILES string of the molecule is CC.CC(CCOC(=O)CC1(C)OCCC(C)O1)OC(=O)CC1(C)OCCC(C)O1. The van der Waals surface area contributed by atoms with Gasteiger partial charge < -0.3 is 28.4 Å². The molecule has 8 heteroatoms. The highest BCUT2D eigenvalue weighted by Crippen LogP contribution is 2.27. The van der Waals surface area contributed by atoms with Crippen molar-refractivity contribution in [3.8, 4) is 0 Å². The average Bonchev–Trinajstić information content (AvgIpc) is 2.61. The van der Waals surface area contributed by atoms with Crippen LogP contribution < -0.4 is 0 Å². The summed E-state index contributed by atoms with van der Waals surface area (Å²) >= 11 is 0. The molecular weight excluding hydrogens is 392 g/mol. The van der Waals surface area contributed by atoms with Crippen molar-refractivity contribution in [3.63, 3.8) is 0 Å². The van der Waals surface area contributed by atoms with Crippen LogP contribution >= 0.6 is 0 Å². The van der Waals surface area contributed by atoms with Gasteiger partial charge in [-0.05, 0) is 47.5 Å². The molecule has 0 aromatic carbocycles. The molecule has 30 heavy (non-hydrogen) atoms. The van der Waals surface area contributed by atoms with Gasteiger partial charge >= 0.3 is 11.9 Å². The van der Waals surface area contributed by atoms with Crippen molar-refractivity contribution >= 4 is 11.9 Å². The fourth-order valence-electron chi connectivity index (χ4n) is 3.34. The Morgan fingerprint density at radius 1 is 0.933 bits per heavy atom. The Hall–Kier alpha value is -1.22. The zero-order valence-corrected chi connectivity index (χ0v) is 19.7. The van der Waals surface area contributed by atoms with E-state index in [2.05, 4.69) is 0 Å². The van der Waals surface area contributed by atoms with E-state index in [1.165, 1.54) is 0 Å². The van der Waals surface area contributed by atoms with Crippen molar-refractivity contribution in [1.82, 2.24) is 0 Å². The van der Waals surface area contributed by atoms with Crippen LogP contribution in [0, 0.1) is 0 Å². The van der Waals surface area contributed by atoms with E-state index in [-0.39, 0.29) is 37.8 Å². The molecule has 0 saturated carbocycles. The largest absolute Gasteiger partial charge is 0.465 e. The van der Waals surface area contributed by atoms with Gasteiger partial charge in [0, 0.05) is 6.42 Å². The maximum absolute atomic E-state index is 12.1. The van der Waals surface area contributed by atoms with Crippen LogP contribution in [-0.2, 0) is 38.0 Å². The summed E-state index contributed by atoms with van der Waals surface area (Å²) in [4.78, 5) is 24.2. The smallest absolute Gasteiger partial charge is 0.311 e. The zero-order valence-electron chi connectivity index (χ0n) is 19.7. The predicted molar refractivity (Wildman–Crippen MR) is 111 cm³/mol. The van der Waals surface area contributed by atoms with Gasteiger partial charge in [0.2, 0.25) is 0 Å².